The van der Waals surface area contributed by atoms with Crippen LogP contribution in [0.1, 0.15) is 6.92 Å². The third kappa shape index (κ3) is 5.43. The average Bonchev–Trinajstić information content (AvgIpc) is 1.81. The molecule has 0 amide bonds. The van der Waals surface area contributed by atoms with Crippen LogP contribution in [-0.4, -0.2) is 12.6 Å². The van der Waals surface area contributed by atoms with Gasteiger partial charge >= 0.3 is 0 Å². The second-order valence-electron chi connectivity index (χ2n) is 0.900. The predicted molar refractivity (Wildman–Crippen MR) is 40.4 cm³/mol. The maximum Gasteiger partial charge on any atom is 0.123 e. The molecule has 0 saturated heterocycles. The summed E-state index contributed by atoms with van der Waals surface area (Å²) in [5, 5.41) is 1.64. The number of hydrogen-bond acceptors (Lipinski definition) is 2. The van der Waals surface area contributed by atoms with Crippen molar-refractivity contribution in [2.75, 3.05) is 0 Å². The molecule has 0 atom stereocenters. The minimum Gasteiger partial charge on any atom is -0.249 e. The fraction of sp³-hybridized carbons (Fsp3) is 0.200. The Balaban J connectivity index is 3.19. The van der Waals surface area contributed by atoms with Crippen molar-refractivity contribution in [1.82, 2.24) is 0 Å². The van der Waals surface area contributed by atoms with Gasteiger partial charge in [-0.15, -0.1) is 0 Å². The van der Waals surface area contributed by atoms with Gasteiger partial charge in [0.1, 0.15) is 6.34 Å². The van der Waals surface area contributed by atoms with Crippen LogP contribution in [0.3, 0.4) is 0 Å². The Morgan fingerprint density at radius 3 is 2.88 bits per heavy atom. The smallest absolute Gasteiger partial charge is 0.123 e. The largest absolute Gasteiger partial charge is 0.249 e. The molecule has 8 heavy (non-hydrogen) atoms. The lowest BCUT2D eigenvalue weighted by molar-refractivity contribution is 1.74. The molecule has 0 bridgehead atoms. The highest BCUT2D eigenvalue weighted by Gasteiger charge is 1.62. The van der Waals surface area contributed by atoms with Gasteiger partial charge in [-0.2, -0.15) is 0 Å². The van der Waals surface area contributed by atoms with E-state index in [0.717, 1.165) is 0 Å². The predicted octanol–water partition coefficient (Wildman–Crippen LogP) is 1.90. The van der Waals surface area contributed by atoms with Gasteiger partial charge in [0.05, 0.1) is 0 Å². The maximum atomic E-state index is 3.76. The molecule has 0 aromatic carbocycles. The van der Waals surface area contributed by atoms with Crippen molar-refractivity contribution in [2.45, 2.75) is 6.92 Å². The molecule has 0 aliphatic carbocycles. The van der Waals surface area contributed by atoms with Crippen molar-refractivity contribution < 1.29 is 0 Å². The van der Waals surface area contributed by atoms with E-state index in [-0.39, 0.29) is 0 Å². The van der Waals surface area contributed by atoms with Crippen LogP contribution in [-0.2, 0) is 0 Å². The Morgan fingerprint density at radius 1 is 1.62 bits per heavy atom. The first-order valence-corrected chi connectivity index (χ1v) is 3.02. The molecule has 0 fully saturated rings. The molecule has 44 valence electrons. The lowest BCUT2D eigenvalue weighted by Gasteiger charge is -1.73. The number of aliphatic imine (C=N–C) groups is 1. The molecule has 2 nitrogen and oxygen atoms in total. The lowest BCUT2D eigenvalue weighted by Crippen LogP contribution is -1.60. The minimum absolute atomic E-state index is 1.27. The van der Waals surface area contributed by atoms with Gasteiger partial charge in [0.25, 0.3) is 0 Å². The quantitative estimate of drug-likeness (QED) is 0.323. The fourth-order valence-corrected chi connectivity index (χ4v) is 0.359. The van der Waals surface area contributed by atoms with Crippen LogP contribution >= 0.6 is 11.9 Å². The van der Waals surface area contributed by atoms with E-state index in [4.69, 9.17) is 0 Å². The molecule has 0 aromatic heterocycles. The summed E-state index contributed by atoms with van der Waals surface area (Å²) < 4.78 is 3.76. The third-order valence-corrected chi connectivity index (χ3v) is 0.763. The Labute approximate surface area is 53.6 Å². The van der Waals surface area contributed by atoms with Gasteiger partial charge in [-0.05, 0) is 12.3 Å². The summed E-state index contributed by atoms with van der Waals surface area (Å²) in [5.41, 5.74) is 0. The van der Waals surface area contributed by atoms with Gasteiger partial charge in [-0.3, -0.25) is 0 Å². The van der Waals surface area contributed by atoms with E-state index >= 15 is 0 Å². The normalized spacial score (nSPS) is 11.1. The van der Waals surface area contributed by atoms with Crippen molar-refractivity contribution in [1.29, 1.82) is 0 Å². The molecule has 0 radical (unpaired) electrons. The molecular weight excluding hydrogens is 120 g/mol. The van der Waals surface area contributed by atoms with Gasteiger partial charge in [-0.25, -0.2) is 9.39 Å². The first-order valence-electron chi connectivity index (χ1n) is 2.18. The zero-order valence-corrected chi connectivity index (χ0v) is 5.56. The monoisotopic (exact) mass is 128 g/mol. The Hall–Kier alpha value is -0.570. The number of hydrogen-bond donors (Lipinski definition) is 0. The standard InChI is InChI=1S/C5H8N2S/c1-3-6-5-7-8-4-2/h3-5H,2H2,1H3. The van der Waals surface area contributed by atoms with E-state index in [9.17, 15) is 0 Å². The highest BCUT2D eigenvalue weighted by Crippen LogP contribution is 1.98. The molecular formula is C5H8N2S. The Kier molecular flexibility index (Phi) is 5.97. The maximum absolute atomic E-state index is 3.76. The number of rotatable bonds is 3. The number of nitrogens with zero attached hydrogens (tertiary/aromatic N) is 2. The molecule has 0 aliphatic rings. The summed E-state index contributed by atoms with van der Waals surface area (Å²) in [4.78, 5) is 3.72. The van der Waals surface area contributed by atoms with Crippen molar-refractivity contribution in [3.05, 3.63) is 12.0 Å². The van der Waals surface area contributed by atoms with Crippen LogP contribution in [0.5, 0.6) is 0 Å². The molecule has 0 saturated carbocycles. The summed E-state index contributed by atoms with van der Waals surface area (Å²) in [6.45, 7) is 5.29. The van der Waals surface area contributed by atoms with E-state index in [0.29, 0.717) is 0 Å². The van der Waals surface area contributed by atoms with Gasteiger partial charge < -0.3 is 0 Å². The molecule has 0 unspecified atom stereocenters. The minimum atomic E-state index is 1.27. The van der Waals surface area contributed by atoms with E-state index in [1.807, 2.05) is 6.92 Å². The highest BCUT2D eigenvalue weighted by molar-refractivity contribution is 8.00. The zero-order valence-electron chi connectivity index (χ0n) is 4.74. The molecule has 0 aromatic rings. The van der Waals surface area contributed by atoms with Crippen molar-refractivity contribution in [2.24, 2.45) is 9.39 Å². The molecule has 0 aliphatic heterocycles. The zero-order chi connectivity index (χ0) is 6.24. The molecule has 0 N–H and O–H groups in total. The Morgan fingerprint density at radius 2 is 2.38 bits per heavy atom. The van der Waals surface area contributed by atoms with Gasteiger partial charge in [0.15, 0.2) is 0 Å². The van der Waals surface area contributed by atoms with E-state index < -0.39 is 0 Å². The summed E-state index contributed by atoms with van der Waals surface area (Å²) >= 11 is 1.27. The Bertz CT molecular complexity index is 107. The van der Waals surface area contributed by atoms with E-state index in [1.165, 1.54) is 18.3 Å². The van der Waals surface area contributed by atoms with Crippen LogP contribution < -0.4 is 0 Å². The first kappa shape index (κ1) is 7.43. The van der Waals surface area contributed by atoms with Crippen molar-refractivity contribution in [3.63, 3.8) is 0 Å². The van der Waals surface area contributed by atoms with Crippen LogP contribution in [0.15, 0.2) is 21.4 Å². The summed E-state index contributed by atoms with van der Waals surface area (Å²) in [6, 6.07) is 0. The van der Waals surface area contributed by atoms with Gasteiger partial charge in [0, 0.05) is 18.2 Å². The summed E-state index contributed by atoms with van der Waals surface area (Å²) in [6.07, 6.45) is 3.15. The van der Waals surface area contributed by atoms with Crippen molar-refractivity contribution >= 4 is 24.5 Å². The molecule has 0 heterocycles. The summed E-state index contributed by atoms with van der Waals surface area (Å²) in [5.74, 6) is 0. The molecule has 3 heteroatoms. The second-order valence-corrected chi connectivity index (χ2v) is 1.66. The average molecular weight is 128 g/mol. The van der Waals surface area contributed by atoms with Crippen LogP contribution in [0.25, 0.3) is 0 Å². The van der Waals surface area contributed by atoms with Crippen LogP contribution in [0.4, 0.5) is 0 Å². The molecule has 0 spiro atoms. The van der Waals surface area contributed by atoms with Crippen LogP contribution in [0.2, 0.25) is 0 Å². The molecule has 0 rings (SSSR count). The topological polar surface area (TPSA) is 24.7 Å². The summed E-state index contributed by atoms with van der Waals surface area (Å²) in [7, 11) is 0. The van der Waals surface area contributed by atoms with Crippen LogP contribution in [0, 0.1) is 0 Å². The first-order chi connectivity index (χ1) is 3.91. The van der Waals surface area contributed by atoms with Gasteiger partial charge in [-0.1, -0.05) is 6.58 Å². The SMILES string of the molecule is C=CSN=CN=CC. The second kappa shape index (κ2) is 6.43. The fourth-order valence-electron chi connectivity index (χ4n) is 0.164. The van der Waals surface area contributed by atoms with E-state index in [1.54, 1.807) is 11.6 Å². The van der Waals surface area contributed by atoms with Crippen molar-refractivity contribution in [3.8, 4) is 0 Å². The lowest BCUT2D eigenvalue weighted by atomic mass is 10.9. The van der Waals surface area contributed by atoms with E-state index in [2.05, 4.69) is 16.0 Å². The van der Waals surface area contributed by atoms with Gasteiger partial charge in [0.2, 0.25) is 0 Å². The highest BCUT2D eigenvalue weighted by atomic mass is 32.2. The third-order valence-electron chi connectivity index (χ3n) is 0.398.